The van der Waals surface area contributed by atoms with Crippen molar-refractivity contribution in [3.05, 3.63) is 89.9 Å². The van der Waals surface area contributed by atoms with E-state index in [-0.39, 0.29) is 17.6 Å². The van der Waals surface area contributed by atoms with E-state index in [0.717, 1.165) is 38.3 Å². The second-order valence-corrected chi connectivity index (χ2v) is 7.94. The number of carbonyl (C=O) groups is 2. The lowest BCUT2D eigenvalue weighted by Gasteiger charge is -2.34. The van der Waals surface area contributed by atoms with Crippen molar-refractivity contribution in [3.8, 4) is 0 Å². The molecule has 1 fully saturated rings. The smallest absolute Gasteiger partial charge is 0.291 e. The molecule has 0 aliphatic carbocycles. The summed E-state index contributed by atoms with van der Waals surface area (Å²) >= 11 is 0. The van der Waals surface area contributed by atoms with Gasteiger partial charge in [-0.2, -0.15) is 0 Å². The molecular formula is C25H28N4O3. The molecule has 4 rings (SSSR count). The van der Waals surface area contributed by atoms with Gasteiger partial charge in [0.25, 0.3) is 5.91 Å². The second-order valence-electron chi connectivity index (χ2n) is 7.94. The van der Waals surface area contributed by atoms with Crippen molar-refractivity contribution >= 4 is 17.5 Å². The van der Waals surface area contributed by atoms with Gasteiger partial charge in [0.05, 0.1) is 12.8 Å². The zero-order chi connectivity index (χ0) is 22.2. The highest BCUT2D eigenvalue weighted by Gasteiger charge is 2.19. The molecule has 166 valence electrons. The number of hydrogen-bond acceptors (Lipinski definition) is 5. The van der Waals surface area contributed by atoms with E-state index in [4.69, 9.17) is 4.42 Å². The first-order valence-corrected chi connectivity index (χ1v) is 10.8. The fourth-order valence-corrected chi connectivity index (χ4v) is 3.71. The highest BCUT2D eigenvalue weighted by Crippen LogP contribution is 2.12. The predicted molar refractivity (Wildman–Crippen MR) is 123 cm³/mol. The Morgan fingerprint density at radius 3 is 2.22 bits per heavy atom. The van der Waals surface area contributed by atoms with E-state index in [2.05, 4.69) is 44.7 Å². The molecule has 1 aliphatic heterocycles. The number of nitrogens with one attached hydrogen (secondary N) is 2. The summed E-state index contributed by atoms with van der Waals surface area (Å²) in [5.41, 5.74) is 2.97. The third-order valence-corrected chi connectivity index (χ3v) is 5.53. The number of benzene rings is 2. The van der Waals surface area contributed by atoms with Crippen molar-refractivity contribution < 1.29 is 14.0 Å². The molecule has 0 bridgehead atoms. The van der Waals surface area contributed by atoms with Crippen molar-refractivity contribution in [2.24, 2.45) is 0 Å². The van der Waals surface area contributed by atoms with Crippen LogP contribution in [0.3, 0.4) is 0 Å². The summed E-state index contributed by atoms with van der Waals surface area (Å²) in [4.78, 5) is 29.0. The number of piperazine rings is 1. The molecule has 1 aliphatic rings. The summed E-state index contributed by atoms with van der Waals surface area (Å²) in [5.74, 6) is -0.00105. The monoisotopic (exact) mass is 432 g/mol. The van der Waals surface area contributed by atoms with Gasteiger partial charge in [-0.05, 0) is 35.4 Å². The Balaban J connectivity index is 1.16. The first-order chi connectivity index (χ1) is 15.7. The number of amides is 2. The highest BCUT2D eigenvalue weighted by atomic mass is 16.3. The molecule has 3 aromatic rings. The Morgan fingerprint density at radius 1 is 0.812 bits per heavy atom. The van der Waals surface area contributed by atoms with Gasteiger partial charge in [0.1, 0.15) is 0 Å². The molecule has 1 aromatic heterocycles. The SMILES string of the molecule is O=C(CN1CCN(Cc2ccccc2)CC1)NCc1ccc(NC(=O)c2ccco2)cc1. The van der Waals surface area contributed by atoms with Crippen LogP contribution in [0.2, 0.25) is 0 Å². The van der Waals surface area contributed by atoms with E-state index in [1.165, 1.54) is 11.8 Å². The van der Waals surface area contributed by atoms with Crippen LogP contribution < -0.4 is 10.6 Å². The number of anilines is 1. The normalized spacial score (nSPS) is 14.8. The van der Waals surface area contributed by atoms with E-state index in [0.29, 0.717) is 18.8 Å². The predicted octanol–water partition coefficient (Wildman–Crippen LogP) is 2.97. The van der Waals surface area contributed by atoms with Crippen LogP contribution in [0.15, 0.2) is 77.4 Å². The van der Waals surface area contributed by atoms with Gasteiger partial charge < -0.3 is 15.1 Å². The summed E-state index contributed by atoms with van der Waals surface area (Å²) in [6.07, 6.45) is 1.46. The summed E-state index contributed by atoms with van der Waals surface area (Å²) in [6.45, 7) is 5.55. The van der Waals surface area contributed by atoms with Crippen molar-refractivity contribution in [2.75, 3.05) is 38.0 Å². The van der Waals surface area contributed by atoms with Crippen molar-refractivity contribution in [1.82, 2.24) is 15.1 Å². The largest absolute Gasteiger partial charge is 0.459 e. The van der Waals surface area contributed by atoms with Crippen molar-refractivity contribution in [3.63, 3.8) is 0 Å². The highest BCUT2D eigenvalue weighted by molar-refractivity contribution is 6.02. The van der Waals surface area contributed by atoms with Gasteiger partial charge in [-0.15, -0.1) is 0 Å². The van der Waals surface area contributed by atoms with Crippen LogP contribution in [0, 0.1) is 0 Å². The van der Waals surface area contributed by atoms with Crippen molar-refractivity contribution in [1.29, 1.82) is 0 Å². The van der Waals surface area contributed by atoms with Gasteiger partial charge in [0.15, 0.2) is 5.76 Å². The van der Waals surface area contributed by atoms with Crippen molar-refractivity contribution in [2.45, 2.75) is 13.1 Å². The Labute approximate surface area is 188 Å². The topological polar surface area (TPSA) is 77.8 Å². The fraction of sp³-hybridized carbons (Fsp3) is 0.280. The Kier molecular flexibility index (Phi) is 7.32. The van der Waals surface area contributed by atoms with E-state index in [1.54, 1.807) is 12.1 Å². The van der Waals surface area contributed by atoms with E-state index in [9.17, 15) is 9.59 Å². The molecule has 0 unspecified atom stereocenters. The minimum Gasteiger partial charge on any atom is -0.459 e. The van der Waals surface area contributed by atoms with E-state index in [1.807, 2.05) is 30.3 Å². The number of rotatable bonds is 8. The number of nitrogens with zero attached hydrogens (tertiary/aromatic N) is 2. The number of furan rings is 1. The quantitative estimate of drug-likeness (QED) is 0.572. The minimum absolute atomic E-state index is 0.0247. The maximum absolute atomic E-state index is 12.4. The molecule has 2 N–H and O–H groups in total. The molecule has 0 saturated carbocycles. The summed E-state index contributed by atoms with van der Waals surface area (Å²) < 4.78 is 5.08. The lowest BCUT2D eigenvalue weighted by molar-refractivity contribution is -0.122. The Hall–Kier alpha value is -3.42. The van der Waals surface area contributed by atoms with E-state index < -0.39 is 0 Å². The van der Waals surface area contributed by atoms with Crippen LogP contribution in [-0.4, -0.2) is 54.3 Å². The van der Waals surface area contributed by atoms with Gasteiger partial charge in [0, 0.05) is 45.0 Å². The first kappa shape index (κ1) is 21.8. The van der Waals surface area contributed by atoms with Gasteiger partial charge in [0.2, 0.25) is 5.91 Å². The lowest BCUT2D eigenvalue weighted by Crippen LogP contribution is -2.49. The zero-order valence-electron chi connectivity index (χ0n) is 18.0. The van der Waals surface area contributed by atoms with E-state index >= 15 is 0 Å². The average Bonchev–Trinajstić information content (AvgIpc) is 3.36. The van der Waals surface area contributed by atoms with Gasteiger partial charge >= 0.3 is 0 Å². The summed E-state index contributed by atoms with van der Waals surface area (Å²) in [5, 5.41) is 5.76. The van der Waals surface area contributed by atoms with Crippen LogP contribution in [0.4, 0.5) is 5.69 Å². The molecule has 0 spiro atoms. The second kappa shape index (κ2) is 10.7. The van der Waals surface area contributed by atoms with Crippen LogP contribution in [-0.2, 0) is 17.9 Å². The Bertz CT molecular complexity index is 995. The van der Waals surface area contributed by atoms with Crippen LogP contribution in [0.5, 0.6) is 0 Å². The lowest BCUT2D eigenvalue weighted by atomic mass is 10.2. The molecule has 2 heterocycles. The average molecular weight is 433 g/mol. The third-order valence-electron chi connectivity index (χ3n) is 5.53. The standard InChI is InChI=1S/C25H28N4O3/c30-24(19-29-14-12-28(13-15-29)18-21-5-2-1-3-6-21)26-17-20-8-10-22(11-9-20)27-25(31)23-7-4-16-32-23/h1-11,16H,12-15,17-19H2,(H,26,30)(H,27,31). The molecule has 7 heteroatoms. The summed E-state index contributed by atoms with van der Waals surface area (Å²) in [6, 6.07) is 21.2. The molecule has 0 atom stereocenters. The molecule has 2 amide bonds. The van der Waals surface area contributed by atoms with Gasteiger partial charge in [-0.1, -0.05) is 42.5 Å². The van der Waals surface area contributed by atoms with Crippen LogP contribution in [0.25, 0.3) is 0 Å². The molecular weight excluding hydrogens is 404 g/mol. The maximum atomic E-state index is 12.4. The fourth-order valence-electron chi connectivity index (χ4n) is 3.71. The molecule has 32 heavy (non-hydrogen) atoms. The first-order valence-electron chi connectivity index (χ1n) is 10.8. The Morgan fingerprint density at radius 2 is 1.53 bits per heavy atom. The minimum atomic E-state index is -0.292. The molecule has 1 saturated heterocycles. The van der Waals surface area contributed by atoms with Gasteiger partial charge in [-0.25, -0.2) is 0 Å². The molecule has 0 radical (unpaired) electrons. The molecule has 2 aromatic carbocycles. The van der Waals surface area contributed by atoms with Crippen LogP contribution >= 0.6 is 0 Å². The zero-order valence-corrected chi connectivity index (χ0v) is 18.0. The number of hydrogen-bond donors (Lipinski definition) is 2. The maximum Gasteiger partial charge on any atom is 0.291 e. The number of carbonyl (C=O) groups excluding carboxylic acids is 2. The molecule has 7 nitrogen and oxygen atoms in total. The van der Waals surface area contributed by atoms with Gasteiger partial charge in [-0.3, -0.25) is 19.4 Å². The van der Waals surface area contributed by atoms with Crippen LogP contribution in [0.1, 0.15) is 21.7 Å². The summed E-state index contributed by atoms with van der Waals surface area (Å²) in [7, 11) is 0. The third kappa shape index (κ3) is 6.29.